The van der Waals surface area contributed by atoms with Crippen molar-refractivity contribution in [2.24, 2.45) is 5.92 Å². The molecule has 1 aromatic heterocycles. The van der Waals surface area contributed by atoms with Gasteiger partial charge in [0.15, 0.2) is 0 Å². The number of hydrogen-bond donors (Lipinski definition) is 1. The van der Waals surface area contributed by atoms with Gasteiger partial charge in [0.1, 0.15) is 0 Å². The summed E-state index contributed by atoms with van der Waals surface area (Å²) in [5.74, 6) is 0.760. The number of halogens is 1. The lowest BCUT2D eigenvalue weighted by molar-refractivity contribution is 0.0934. The Hall–Kier alpha value is -0.350. The van der Waals surface area contributed by atoms with E-state index in [0.717, 1.165) is 23.0 Å². The first kappa shape index (κ1) is 13.6. The average molecular weight is 342 g/mol. The number of thiophene rings is 1. The molecule has 0 bridgehead atoms. The van der Waals surface area contributed by atoms with Gasteiger partial charge >= 0.3 is 0 Å². The van der Waals surface area contributed by atoms with Gasteiger partial charge in [0.2, 0.25) is 0 Å². The number of hydrogen-bond acceptors (Lipinski definition) is 2. The molecule has 0 radical (unpaired) electrons. The van der Waals surface area contributed by atoms with Gasteiger partial charge in [-0.15, -0.1) is 11.3 Å². The number of amides is 1. The van der Waals surface area contributed by atoms with Gasteiger partial charge in [-0.3, -0.25) is 4.79 Å². The summed E-state index contributed by atoms with van der Waals surface area (Å²) in [6, 6.07) is 2.50. The van der Waals surface area contributed by atoms with E-state index in [1.807, 2.05) is 0 Å². The molecule has 2 aliphatic rings. The number of carbonyl (C=O) groups excluding carboxylic acids is 1. The number of aryl methyl sites for hydroxylation is 2. The second-order valence-electron chi connectivity index (χ2n) is 5.69. The fourth-order valence-electron chi connectivity index (χ4n) is 3.25. The highest BCUT2D eigenvalue weighted by atomic mass is 79.9. The lowest BCUT2D eigenvalue weighted by Gasteiger charge is -2.18. The van der Waals surface area contributed by atoms with E-state index in [9.17, 15) is 4.79 Å². The third-order valence-electron chi connectivity index (χ3n) is 4.39. The van der Waals surface area contributed by atoms with Crippen LogP contribution in [0.15, 0.2) is 6.07 Å². The van der Waals surface area contributed by atoms with Gasteiger partial charge in [-0.05, 0) is 56.1 Å². The lowest BCUT2D eigenvalue weighted by atomic mass is 9.99. The summed E-state index contributed by atoms with van der Waals surface area (Å²) < 4.78 is 0. The molecule has 2 unspecified atom stereocenters. The van der Waals surface area contributed by atoms with Crippen LogP contribution in [0.5, 0.6) is 0 Å². The average Bonchev–Trinajstić information content (AvgIpc) is 3.03. The van der Waals surface area contributed by atoms with E-state index in [-0.39, 0.29) is 5.91 Å². The predicted molar refractivity (Wildman–Crippen MR) is 83.4 cm³/mol. The van der Waals surface area contributed by atoms with Crippen molar-refractivity contribution in [1.82, 2.24) is 5.32 Å². The smallest absolute Gasteiger partial charge is 0.261 e. The fraction of sp³-hybridized carbons (Fsp3) is 0.667. The summed E-state index contributed by atoms with van der Waals surface area (Å²) in [5, 5.41) is 4.25. The number of carbonyl (C=O) groups is 1. The maximum absolute atomic E-state index is 12.4. The summed E-state index contributed by atoms with van der Waals surface area (Å²) in [7, 11) is 0. The van der Waals surface area contributed by atoms with Crippen LogP contribution in [-0.2, 0) is 12.8 Å². The zero-order valence-corrected chi connectivity index (χ0v) is 13.5. The summed E-state index contributed by atoms with van der Waals surface area (Å²) in [4.78, 5) is 14.7. The molecule has 1 amide bonds. The first-order chi connectivity index (χ1) is 9.28. The van der Waals surface area contributed by atoms with Gasteiger partial charge in [-0.2, -0.15) is 0 Å². The van der Waals surface area contributed by atoms with Gasteiger partial charge < -0.3 is 5.32 Å². The number of nitrogens with one attached hydrogen (secondary N) is 1. The first-order valence-corrected chi connectivity index (χ1v) is 9.20. The van der Waals surface area contributed by atoms with Gasteiger partial charge in [0.25, 0.3) is 5.91 Å². The molecule has 2 aliphatic carbocycles. The molecule has 0 saturated heterocycles. The highest BCUT2D eigenvalue weighted by Gasteiger charge is 2.28. The minimum Gasteiger partial charge on any atom is -0.348 e. The van der Waals surface area contributed by atoms with Crippen molar-refractivity contribution in [3.8, 4) is 0 Å². The van der Waals surface area contributed by atoms with Crippen LogP contribution in [0.4, 0.5) is 0 Å². The molecule has 0 spiro atoms. The molecule has 2 atom stereocenters. The molecule has 1 fully saturated rings. The van der Waals surface area contributed by atoms with Crippen LogP contribution in [0.3, 0.4) is 0 Å². The third-order valence-corrected chi connectivity index (χ3v) is 6.46. The third kappa shape index (κ3) is 2.89. The molecule has 19 heavy (non-hydrogen) atoms. The minimum absolute atomic E-state index is 0.150. The number of alkyl halides is 1. The Morgan fingerprint density at radius 1 is 1.32 bits per heavy atom. The normalized spacial score (nSPS) is 26.2. The van der Waals surface area contributed by atoms with Crippen molar-refractivity contribution < 1.29 is 4.79 Å². The van der Waals surface area contributed by atoms with Gasteiger partial charge in [0.05, 0.1) is 4.88 Å². The van der Waals surface area contributed by atoms with Crippen LogP contribution >= 0.6 is 27.3 Å². The zero-order chi connectivity index (χ0) is 13.2. The molecule has 3 rings (SSSR count). The van der Waals surface area contributed by atoms with E-state index in [4.69, 9.17) is 0 Å². The van der Waals surface area contributed by atoms with Crippen molar-refractivity contribution in [2.75, 3.05) is 5.33 Å². The van der Waals surface area contributed by atoms with Crippen molar-refractivity contribution >= 4 is 33.2 Å². The molecule has 0 aromatic carbocycles. The summed E-state index contributed by atoms with van der Waals surface area (Å²) in [5.41, 5.74) is 1.42. The molecule has 104 valence electrons. The maximum atomic E-state index is 12.4. The van der Waals surface area contributed by atoms with E-state index >= 15 is 0 Å². The largest absolute Gasteiger partial charge is 0.348 e. The topological polar surface area (TPSA) is 29.1 Å². The monoisotopic (exact) mass is 341 g/mol. The van der Waals surface area contributed by atoms with E-state index < -0.39 is 0 Å². The Labute approximate surface area is 127 Å². The highest BCUT2D eigenvalue weighted by Crippen LogP contribution is 2.31. The quantitative estimate of drug-likeness (QED) is 0.829. The molecule has 0 aliphatic heterocycles. The Kier molecular flexibility index (Phi) is 4.27. The summed E-state index contributed by atoms with van der Waals surface area (Å²) >= 11 is 5.27. The van der Waals surface area contributed by atoms with Gasteiger partial charge in [0, 0.05) is 16.2 Å². The van der Waals surface area contributed by atoms with Crippen LogP contribution in [0.1, 0.15) is 52.2 Å². The Morgan fingerprint density at radius 3 is 2.95 bits per heavy atom. The van der Waals surface area contributed by atoms with E-state index in [1.165, 1.54) is 42.5 Å². The van der Waals surface area contributed by atoms with Crippen LogP contribution in [0.25, 0.3) is 0 Å². The molecule has 2 nitrogen and oxygen atoms in total. The van der Waals surface area contributed by atoms with E-state index in [0.29, 0.717) is 12.0 Å². The molecule has 1 heterocycles. The second kappa shape index (κ2) is 5.96. The van der Waals surface area contributed by atoms with Crippen molar-refractivity contribution in [2.45, 2.75) is 51.0 Å². The van der Waals surface area contributed by atoms with Crippen LogP contribution in [0, 0.1) is 5.92 Å². The molecule has 1 aromatic rings. The number of rotatable bonds is 3. The summed E-state index contributed by atoms with van der Waals surface area (Å²) in [6.07, 6.45) is 8.49. The Balaban J connectivity index is 1.68. The fourth-order valence-corrected chi connectivity index (χ4v) is 5.19. The standard InChI is InChI=1S/C15H20BrNOS/c16-9-11-5-3-6-12(11)17-15(18)14-8-10-4-1-2-7-13(10)19-14/h8,11-12H,1-7,9H2,(H,17,18). The second-order valence-corrected chi connectivity index (χ2v) is 7.48. The zero-order valence-electron chi connectivity index (χ0n) is 11.1. The van der Waals surface area contributed by atoms with E-state index in [1.54, 1.807) is 11.3 Å². The van der Waals surface area contributed by atoms with Crippen molar-refractivity contribution in [3.63, 3.8) is 0 Å². The van der Waals surface area contributed by atoms with Gasteiger partial charge in [-0.25, -0.2) is 0 Å². The van der Waals surface area contributed by atoms with Crippen molar-refractivity contribution in [3.05, 3.63) is 21.4 Å². The molecule has 1 saturated carbocycles. The van der Waals surface area contributed by atoms with Crippen LogP contribution in [0.2, 0.25) is 0 Å². The van der Waals surface area contributed by atoms with Crippen molar-refractivity contribution in [1.29, 1.82) is 0 Å². The molecule has 4 heteroatoms. The lowest BCUT2D eigenvalue weighted by Crippen LogP contribution is -2.37. The minimum atomic E-state index is 0.150. The SMILES string of the molecule is O=C(NC1CCCC1CBr)c1cc2c(s1)CCCC2. The molecular formula is C15H20BrNOS. The van der Waals surface area contributed by atoms with E-state index in [2.05, 4.69) is 27.3 Å². The molecular weight excluding hydrogens is 322 g/mol. The predicted octanol–water partition coefficient (Wildman–Crippen LogP) is 3.92. The molecule has 1 N–H and O–H groups in total. The highest BCUT2D eigenvalue weighted by molar-refractivity contribution is 9.09. The van der Waals surface area contributed by atoms with Crippen LogP contribution < -0.4 is 5.32 Å². The van der Waals surface area contributed by atoms with Crippen LogP contribution in [-0.4, -0.2) is 17.3 Å². The summed E-state index contributed by atoms with van der Waals surface area (Å²) in [6.45, 7) is 0. The first-order valence-electron chi connectivity index (χ1n) is 7.26. The maximum Gasteiger partial charge on any atom is 0.261 e. The Morgan fingerprint density at radius 2 is 2.16 bits per heavy atom. The number of fused-ring (bicyclic) bond motifs is 1. The van der Waals surface area contributed by atoms with Gasteiger partial charge in [-0.1, -0.05) is 22.4 Å². The Bertz CT molecular complexity index is 447.